The first-order valence-corrected chi connectivity index (χ1v) is 5.41. The monoisotopic (exact) mass is 252 g/mol. The normalized spacial score (nSPS) is 12.3. The Balaban J connectivity index is 2.63. The number of halogens is 1. The van der Waals surface area contributed by atoms with Crippen LogP contribution in [0.1, 0.15) is 26.5 Å². The maximum absolute atomic E-state index is 4.58. The van der Waals surface area contributed by atoms with Crippen LogP contribution in [0.25, 0.3) is 5.65 Å². The minimum atomic E-state index is 0.110. The van der Waals surface area contributed by atoms with Gasteiger partial charge in [0.15, 0.2) is 0 Å². The molecule has 0 unspecified atom stereocenters. The second-order valence-electron chi connectivity index (χ2n) is 4.49. The van der Waals surface area contributed by atoms with E-state index < -0.39 is 0 Å². The van der Waals surface area contributed by atoms with Crippen LogP contribution in [-0.2, 0) is 5.41 Å². The molecule has 2 aromatic heterocycles. The van der Waals surface area contributed by atoms with Crippen LogP contribution in [0.4, 0.5) is 0 Å². The Labute approximate surface area is 92.1 Å². The van der Waals surface area contributed by atoms with E-state index in [-0.39, 0.29) is 5.41 Å². The molecule has 2 nitrogen and oxygen atoms in total. The lowest BCUT2D eigenvalue weighted by atomic mass is 9.93. The van der Waals surface area contributed by atoms with E-state index in [1.165, 1.54) is 0 Å². The van der Waals surface area contributed by atoms with Crippen LogP contribution in [0.2, 0.25) is 0 Å². The molecular formula is C11H13BrN2. The molecule has 0 saturated heterocycles. The highest BCUT2D eigenvalue weighted by Crippen LogP contribution is 2.22. The molecule has 2 aromatic rings. The third-order valence-corrected chi connectivity index (χ3v) is 2.68. The van der Waals surface area contributed by atoms with Gasteiger partial charge in [-0.3, -0.25) is 0 Å². The fourth-order valence-corrected chi connectivity index (χ4v) is 1.64. The van der Waals surface area contributed by atoms with E-state index in [9.17, 15) is 0 Å². The lowest BCUT2D eigenvalue weighted by molar-refractivity contribution is 0.573. The van der Waals surface area contributed by atoms with Crippen molar-refractivity contribution < 1.29 is 0 Å². The number of nitrogens with zero attached hydrogens (tertiary/aromatic N) is 2. The Morgan fingerprint density at radius 2 is 2.07 bits per heavy atom. The van der Waals surface area contributed by atoms with Gasteiger partial charge in [0.1, 0.15) is 5.65 Å². The molecule has 0 atom stereocenters. The van der Waals surface area contributed by atoms with Crippen LogP contribution in [0, 0.1) is 0 Å². The molecule has 0 aromatic carbocycles. The van der Waals surface area contributed by atoms with Gasteiger partial charge in [-0.15, -0.1) is 0 Å². The number of aromatic nitrogens is 2. The standard InChI is InChI=1S/C11H13BrN2/c1-11(2,3)9-7-14-5-4-8(12)6-10(14)13-9/h4-7H,1-3H3. The fourth-order valence-electron chi connectivity index (χ4n) is 1.32. The summed E-state index contributed by atoms with van der Waals surface area (Å²) < 4.78 is 3.11. The van der Waals surface area contributed by atoms with E-state index in [4.69, 9.17) is 0 Å². The Hall–Kier alpha value is -0.830. The molecule has 2 heterocycles. The topological polar surface area (TPSA) is 17.3 Å². The summed E-state index contributed by atoms with van der Waals surface area (Å²) in [6, 6.07) is 4.04. The second kappa shape index (κ2) is 3.09. The minimum Gasteiger partial charge on any atom is -0.307 e. The van der Waals surface area contributed by atoms with Crippen molar-refractivity contribution in [3.05, 3.63) is 34.7 Å². The van der Waals surface area contributed by atoms with Gasteiger partial charge in [-0.05, 0) is 12.1 Å². The van der Waals surface area contributed by atoms with Crippen LogP contribution >= 0.6 is 15.9 Å². The fraction of sp³-hybridized carbons (Fsp3) is 0.364. The number of hydrogen-bond acceptors (Lipinski definition) is 1. The predicted molar refractivity (Wildman–Crippen MR) is 61.6 cm³/mol. The molecule has 0 amide bonds. The van der Waals surface area contributed by atoms with Gasteiger partial charge in [0.2, 0.25) is 0 Å². The van der Waals surface area contributed by atoms with Gasteiger partial charge in [-0.25, -0.2) is 4.98 Å². The average Bonchev–Trinajstić information content (AvgIpc) is 2.45. The molecule has 0 spiro atoms. The number of pyridine rings is 1. The van der Waals surface area contributed by atoms with Crippen LogP contribution in [0.15, 0.2) is 29.0 Å². The number of hydrogen-bond donors (Lipinski definition) is 0. The Morgan fingerprint density at radius 1 is 1.36 bits per heavy atom. The minimum absolute atomic E-state index is 0.110. The van der Waals surface area contributed by atoms with Gasteiger partial charge >= 0.3 is 0 Å². The highest BCUT2D eigenvalue weighted by atomic mass is 79.9. The Morgan fingerprint density at radius 3 is 2.71 bits per heavy atom. The van der Waals surface area contributed by atoms with Crippen molar-refractivity contribution in [1.29, 1.82) is 0 Å². The quantitative estimate of drug-likeness (QED) is 0.703. The van der Waals surface area contributed by atoms with Crippen LogP contribution < -0.4 is 0 Å². The molecule has 0 bridgehead atoms. The van der Waals surface area contributed by atoms with Gasteiger partial charge in [-0.2, -0.15) is 0 Å². The van der Waals surface area contributed by atoms with E-state index in [1.54, 1.807) is 0 Å². The zero-order valence-electron chi connectivity index (χ0n) is 8.58. The summed E-state index contributed by atoms with van der Waals surface area (Å²) in [6.45, 7) is 6.51. The largest absolute Gasteiger partial charge is 0.307 e. The van der Waals surface area contributed by atoms with E-state index in [1.807, 2.05) is 22.7 Å². The van der Waals surface area contributed by atoms with Crippen LogP contribution in [0.3, 0.4) is 0 Å². The van der Waals surface area contributed by atoms with Gasteiger partial charge in [-0.1, -0.05) is 36.7 Å². The number of rotatable bonds is 0. The lowest BCUT2D eigenvalue weighted by Gasteiger charge is -2.13. The number of fused-ring (bicyclic) bond motifs is 1. The first-order chi connectivity index (χ1) is 6.47. The van der Waals surface area contributed by atoms with Crippen LogP contribution in [-0.4, -0.2) is 9.38 Å². The molecule has 0 aliphatic heterocycles. The highest BCUT2D eigenvalue weighted by molar-refractivity contribution is 9.10. The van der Waals surface area contributed by atoms with E-state index in [0.29, 0.717) is 0 Å². The van der Waals surface area contributed by atoms with E-state index >= 15 is 0 Å². The summed E-state index contributed by atoms with van der Waals surface area (Å²) in [5, 5.41) is 0. The van der Waals surface area contributed by atoms with Crippen molar-refractivity contribution in [3.63, 3.8) is 0 Å². The van der Waals surface area contributed by atoms with Crippen molar-refractivity contribution in [2.75, 3.05) is 0 Å². The van der Waals surface area contributed by atoms with Gasteiger partial charge in [0.25, 0.3) is 0 Å². The molecule has 14 heavy (non-hydrogen) atoms. The van der Waals surface area contributed by atoms with Gasteiger partial charge < -0.3 is 4.40 Å². The summed E-state index contributed by atoms with van der Waals surface area (Å²) in [5.74, 6) is 0. The summed E-state index contributed by atoms with van der Waals surface area (Å²) in [4.78, 5) is 4.58. The number of imidazole rings is 1. The summed E-state index contributed by atoms with van der Waals surface area (Å²) >= 11 is 3.44. The van der Waals surface area contributed by atoms with Gasteiger partial charge in [0, 0.05) is 22.3 Å². The molecule has 0 fully saturated rings. The van der Waals surface area contributed by atoms with Crippen molar-refractivity contribution in [2.24, 2.45) is 0 Å². The molecular weight excluding hydrogens is 240 g/mol. The smallest absolute Gasteiger partial charge is 0.138 e. The van der Waals surface area contributed by atoms with Crippen molar-refractivity contribution in [3.8, 4) is 0 Å². The van der Waals surface area contributed by atoms with Crippen molar-refractivity contribution >= 4 is 21.6 Å². The third-order valence-electron chi connectivity index (χ3n) is 2.19. The lowest BCUT2D eigenvalue weighted by Crippen LogP contribution is -2.11. The highest BCUT2D eigenvalue weighted by Gasteiger charge is 2.17. The van der Waals surface area contributed by atoms with E-state index in [0.717, 1.165) is 15.8 Å². The molecule has 0 aliphatic rings. The molecule has 0 N–H and O–H groups in total. The molecule has 0 radical (unpaired) electrons. The van der Waals surface area contributed by atoms with E-state index in [2.05, 4.69) is 47.9 Å². The molecule has 0 saturated carbocycles. The first-order valence-electron chi connectivity index (χ1n) is 4.61. The maximum atomic E-state index is 4.58. The SMILES string of the molecule is CC(C)(C)c1cn2ccc(Br)cc2n1. The maximum Gasteiger partial charge on any atom is 0.138 e. The Bertz CT molecular complexity index is 466. The van der Waals surface area contributed by atoms with Gasteiger partial charge in [0.05, 0.1) is 5.69 Å². The predicted octanol–water partition coefficient (Wildman–Crippen LogP) is 3.39. The zero-order chi connectivity index (χ0) is 10.3. The summed E-state index contributed by atoms with van der Waals surface area (Å²) in [5.41, 5.74) is 2.22. The molecule has 2 rings (SSSR count). The van der Waals surface area contributed by atoms with Crippen molar-refractivity contribution in [2.45, 2.75) is 26.2 Å². The van der Waals surface area contributed by atoms with Crippen LogP contribution in [0.5, 0.6) is 0 Å². The third kappa shape index (κ3) is 1.69. The second-order valence-corrected chi connectivity index (χ2v) is 5.40. The van der Waals surface area contributed by atoms with Crippen molar-refractivity contribution in [1.82, 2.24) is 9.38 Å². The molecule has 0 aliphatic carbocycles. The zero-order valence-corrected chi connectivity index (χ0v) is 10.2. The summed E-state index contributed by atoms with van der Waals surface area (Å²) in [6.07, 6.45) is 4.10. The average molecular weight is 253 g/mol. The molecule has 74 valence electrons. The Kier molecular flexibility index (Phi) is 2.14. The first kappa shape index (κ1) is 9.71. The summed E-state index contributed by atoms with van der Waals surface area (Å²) in [7, 11) is 0. The molecule has 3 heteroatoms.